The number of aromatic nitrogens is 1. The number of anilines is 1. The van der Waals surface area contributed by atoms with Crippen molar-refractivity contribution in [3.63, 3.8) is 0 Å². The number of carbonyl (C=O) groups excluding carboxylic acids is 2. The van der Waals surface area contributed by atoms with Gasteiger partial charge in [-0.15, -0.1) is 13.2 Å². The van der Waals surface area contributed by atoms with Gasteiger partial charge in [0.15, 0.2) is 0 Å². The Labute approximate surface area is 308 Å². The number of halogens is 8. The average Bonchev–Trinajstić information content (AvgIpc) is 3.57. The normalized spacial score (nSPS) is 12.8. The van der Waals surface area contributed by atoms with Gasteiger partial charge in [0.1, 0.15) is 24.2 Å². The van der Waals surface area contributed by atoms with Crippen LogP contribution in [-0.2, 0) is 28.7 Å². The minimum Gasteiger partial charge on any atom is -0.456 e. The summed E-state index contributed by atoms with van der Waals surface area (Å²) in [6.07, 6.45) is -6.25. The van der Waals surface area contributed by atoms with E-state index in [1.165, 1.54) is 30.3 Å². The van der Waals surface area contributed by atoms with E-state index >= 15 is 0 Å². The van der Waals surface area contributed by atoms with Gasteiger partial charge in [0.05, 0.1) is 28.6 Å². The summed E-state index contributed by atoms with van der Waals surface area (Å²) in [4.78, 5) is 29.0. The Morgan fingerprint density at radius 3 is 2.17 bits per heavy atom. The zero-order valence-electron chi connectivity index (χ0n) is 27.7. The SMILES string of the molecule is N#Cc1ccc(C/C(=N\NC(=O)Nc2ccc(OC(F)(F)F)cc2)c2ccc(C(F)(F)F)cc2)cc1.O=C1C=C(N(CCF)Cc2ccc(Cl)nc2)CO1. The molecule has 0 atom stereocenters. The number of hydrazone groups is 1. The van der Waals surface area contributed by atoms with Gasteiger partial charge < -0.3 is 19.7 Å². The Morgan fingerprint density at radius 2 is 1.63 bits per heavy atom. The van der Waals surface area contributed by atoms with Gasteiger partial charge in [0.25, 0.3) is 0 Å². The molecule has 10 nitrogen and oxygen atoms in total. The number of nitriles is 1. The van der Waals surface area contributed by atoms with E-state index in [-0.39, 0.29) is 36.9 Å². The van der Waals surface area contributed by atoms with Crippen LogP contribution < -0.4 is 15.5 Å². The van der Waals surface area contributed by atoms with Crippen LogP contribution >= 0.6 is 11.6 Å². The third kappa shape index (κ3) is 13.1. The molecule has 0 aliphatic carbocycles. The van der Waals surface area contributed by atoms with Gasteiger partial charge in [-0.2, -0.15) is 23.5 Å². The monoisotopic (exact) mass is 776 g/mol. The van der Waals surface area contributed by atoms with Crippen molar-refractivity contribution in [3.8, 4) is 11.8 Å². The number of benzene rings is 3. The second kappa shape index (κ2) is 18.6. The molecule has 0 bridgehead atoms. The fourth-order valence-electron chi connectivity index (χ4n) is 4.66. The summed E-state index contributed by atoms with van der Waals surface area (Å²) in [7, 11) is 0. The number of urea groups is 1. The van der Waals surface area contributed by atoms with Crippen molar-refractivity contribution in [2.45, 2.75) is 25.5 Å². The number of hydrogen-bond acceptors (Lipinski definition) is 8. The number of hydrogen-bond donors (Lipinski definition) is 2. The van der Waals surface area contributed by atoms with E-state index in [4.69, 9.17) is 21.6 Å². The molecule has 4 aromatic rings. The van der Waals surface area contributed by atoms with Crippen LogP contribution in [0.1, 0.15) is 27.8 Å². The molecule has 54 heavy (non-hydrogen) atoms. The van der Waals surface area contributed by atoms with Crippen molar-refractivity contribution in [1.29, 1.82) is 5.26 Å². The van der Waals surface area contributed by atoms with Crippen molar-refractivity contribution < 1.29 is 49.8 Å². The number of cyclic esters (lactones) is 1. The average molecular weight is 777 g/mol. The third-order valence-electron chi connectivity index (χ3n) is 7.21. The zero-order valence-corrected chi connectivity index (χ0v) is 28.5. The number of alkyl halides is 7. The first-order valence-electron chi connectivity index (χ1n) is 15.6. The maximum Gasteiger partial charge on any atom is 0.573 e. The lowest BCUT2D eigenvalue weighted by Gasteiger charge is -2.23. The van der Waals surface area contributed by atoms with Gasteiger partial charge in [-0.1, -0.05) is 41.9 Å². The minimum absolute atomic E-state index is 0.112. The second-order valence-electron chi connectivity index (χ2n) is 11.1. The molecule has 0 saturated heterocycles. The first-order valence-corrected chi connectivity index (χ1v) is 15.9. The van der Waals surface area contributed by atoms with Crippen LogP contribution in [0.4, 0.5) is 41.2 Å². The first kappa shape index (κ1) is 40.6. The Balaban J connectivity index is 0.000000301. The van der Waals surface area contributed by atoms with Gasteiger partial charge in [0, 0.05) is 37.5 Å². The molecule has 0 radical (unpaired) electrons. The van der Waals surface area contributed by atoms with Crippen LogP contribution in [0.15, 0.2) is 108 Å². The van der Waals surface area contributed by atoms with Crippen molar-refractivity contribution in [1.82, 2.24) is 15.3 Å². The highest BCUT2D eigenvalue weighted by molar-refractivity contribution is 6.29. The van der Waals surface area contributed by atoms with E-state index in [2.05, 4.69) is 25.6 Å². The summed E-state index contributed by atoms with van der Waals surface area (Å²) >= 11 is 5.69. The number of pyridine rings is 1. The molecular weight excluding hydrogens is 749 g/mol. The van der Waals surface area contributed by atoms with Crippen molar-refractivity contribution in [2.75, 3.05) is 25.1 Å². The highest BCUT2D eigenvalue weighted by atomic mass is 35.5. The van der Waals surface area contributed by atoms with Crippen molar-refractivity contribution >= 4 is 35.0 Å². The Morgan fingerprint density at radius 1 is 0.963 bits per heavy atom. The molecule has 282 valence electrons. The summed E-state index contributed by atoms with van der Waals surface area (Å²) in [6.45, 7) is 0.383. The summed E-state index contributed by atoms with van der Waals surface area (Å²) < 4.78 is 96.6. The highest BCUT2D eigenvalue weighted by Gasteiger charge is 2.31. The maximum atomic E-state index is 12.9. The van der Waals surface area contributed by atoms with E-state index in [0.717, 1.165) is 29.8 Å². The van der Waals surface area contributed by atoms with E-state index in [1.807, 2.05) is 12.1 Å². The first-order chi connectivity index (χ1) is 25.6. The lowest BCUT2D eigenvalue weighted by atomic mass is 10.0. The Kier molecular flexibility index (Phi) is 14.0. The third-order valence-corrected chi connectivity index (χ3v) is 7.43. The molecule has 0 fully saturated rings. The van der Waals surface area contributed by atoms with Gasteiger partial charge in [0.2, 0.25) is 0 Å². The topological polar surface area (TPSA) is 129 Å². The van der Waals surface area contributed by atoms with Crippen LogP contribution in [-0.4, -0.2) is 53.8 Å². The van der Waals surface area contributed by atoms with Gasteiger partial charge in [-0.05, 0) is 71.3 Å². The van der Waals surface area contributed by atoms with Crippen LogP contribution in [0.25, 0.3) is 0 Å². The molecule has 2 N–H and O–H groups in total. The molecule has 1 aromatic heterocycles. The zero-order chi connectivity index (χ0) is 39.3. The number of nitrogens with one attached hydrogen (secondary N) is 2. The van der Waals surface area contributed by atoms with Gasteiger partial charge in [-0.25, -0.2) is 24.4 Å². The number of carbonyl (C=O) groups is 2. The van der Waals surface area contributed by atoms with Gasteiger partial charge in [-0.3, -0.25) is 0 Å². The second-order valence-corrected chi connectivity index (χ2v) is 11.5. The molecule has 0 spiro atoms. The van der Waals surface area contributed by atoms with Crippen LogP contribution in [0.2, 0.25) is 5.15 Å². The fraction of sp³-hybridized carbons (Fsp3) is 0.194. The molecular formula is C36H28ClF7N6O4. The minimum atomic E-state index is -4.86. The molecule has 1 aliphatic rings. The van der Waals surface area contributed by atoms with Crippen LogP contribution in [0, 0.1) is 11.3 Å². The number of esters is 1. The Hall–Kier alpha value is -6.15. The summed E-state index contributed by atoms with van der Waals surface area (Å²) in [5.74, 6) is -0.860. The predicted octanol–water partition coefficient (Wildman–Crippen LogP) is 8.19. The van der Waals surface area contributed by atoms with Crippen LogP contribution in [0.3, 0.4) is 0 Å². The summed E-state index contributed by atoms with van der Waals surface area (Å²) in [5, 5.41) is 15.7. The van der Waals surface area contributed by atoms with E-state index in [1.54, 1.807) is 41.4 Å². The predicted molar refractivity (Wildman–Crippen MR) is 183 cm³/mol. The molecule has 1 aliphatic heterocycles. The summed E-state index contributed by atoms with van der Waals surface area (Å²) in [6, 6.07) is 19.6. The maximum absolute atomic E-state index is 12.9. The largest absolute Gasteiger partial charge is 0.573 e. The standard InChI is InChI=1S/C24H16F6N4O2.C12H12ClFN2O2/c25-23(26,27)18-7-5-17(6-8-18)21(13-15-1-3-16(14-31)4-2-15)33-34-22(35)32-19-9-11-20(12-10-19)36-24(28,29)30;13-11-2-1-9(6-15-11)7-16(4-3-14)10-5-12(17)18-8-10/h1-12H,13H2,(H2,32,34,35);1-2,5-6H,3-4,7-8H2/b33-21+;. The number of amides is 2. The van der Waals surface area contributed by atoms with Crippen molar-refractivity contribution in [3.05, 3.63) is 136 Å². The Bertz CT molecular complexity index is 1980. The molecule has 0 saturated carbocycles. The van der Waals surface area contributed by atoms with Crippen LogP contribution in [0.5, 0.6) is 5.75 Å². The van der Waals surface area contributed by atoms with E-state index in [0.29, 0.717) is 34.1 Å². The lowest BCUT2D eigenvalue weighted by Crippen LogP contribution is -2.26. The molecule has 18 heteroatoms. The summed E-state index contributed by atoms with van der Waals surface area (Å²) in [5.41, 5.74) is 4.71. The lowest BCUT2D eigenvalue weighted by molar-refractivity contribution is -0.274. The smallest absolute Gasteiger partial charge is 0.456 e. The molecule has 0 unspecified atom stereocenters. The fourth-order valence-corrected chi connectivity index (χ4v) is 4.77. The van der Waals surface area contributed by atoms with Crippen molar-refractivity contribution in [2.24, 2.45) is 5.10 Å². The quantitative estimate of drug-likeness (QED) is 0.0517. The molecule has 5 rings (SSSR count). The molecule has 3 aromatic carbocycles. The number of ether oxygens (including phenoxy) is 2. The van der Waals surface area contributed by atoms with E-state index < -0.39 is 36.6 Å². The number of nitrogens with zero attached hydrogens (tertiary/aromatic N) is 4. The van der Waals surface area contributed by atoms with Gasteiger partial charge >= 0.3 is 24.5 Å². The number of rotatable bonds is 11. The van der Waals surface area contributed by atoms with E-state index in [9.17, 15) is 40.3 Å². The molecule has 2 amide bonds. The highest BCUT2D eigenvalue weighted by Crippen LogP contribution is 2.29. The molecule has 2 heterocycles.